The molecule has 5 heteroatoms. The summed E-state index contributed by atoms with van der Waals surface area (Å²) in [6.45, 7) is 0.750. The summed E-state index contributed by atoms with van der Waals surface area (Å²) in [6.07, 6.45) is 0. The number of benzene rings is 2. The summed E-state index contributed by atoms with van der Waals surface area (Å²) < 4.78 is 7.14. The van der Waals surface area contributed by atoms with Gasteiger partial charge in [0.1, 0.15) is 10.4 Å². The quantitative estimate of drug-likeness (QED) is 0.421. The summed E-state index contributed by atoms with van der Waals surface area (Å²) in [6, 6.07) is 16.2. The van der Waals surface area contributed by atoms with Gasteiger partial charge in [0.25, 0.3) is 0 Å². The molecule has 0 spiro atoms. The molecule has 3 nitrogen and oxygen atoms in total. The smallest absolute Gasteiger partial charge is 0.122 e. The van der Waals surface area contributed by atoms with Crippen LogP contribution in [0.3, 0.4) is 0 Å². The molecular weight excluding hydrogens is 455 g/mol. The lowest BCUT2D eigenvalue weighted by atomic mass is 10.1. The molecule has 1 heterocycles. The topological polar surface area (TPSA) is 34.1 Å². The minimum Gasteiger partial charge on any atom is -0.497 e. The van der Waals surface area contributed by atoms with Crippen molar-refractivity contribution in [2.24, 2.45) is 0 Å². The van der Waals surface area contributed by atoms with Crippen molar-refractivity contribution >= 4 is 55.1 Å². The van der Waals surface area contributed by atoms with Crippen LogP contribution in [-0.2, 0) is 6.54 Å². The Hall–Kier alpha value is -1.34. The maximum Gasteiger partial charge on any atom is 0.122 e. The molecule has 1 N–H and O–H groups in total. The van der Waals surface area contributed by atoms with Gasteiger partial charge < -0.3 is 10.1 Å². The van der Waals surface area contributed by atoms with Gasteiger partial charge in [0.2, 0.25) is 0 Å². The number of hydrogen-bond donors (Lipinski definition) is 1. The van der Waals surface area contributed by atoms with E-state index in [1.807, 2.05) is 30.3 Å². The number of methoxy groups -OCH3 is 1. The molecule has 3 rings (SSSR count). The molecule has 0 bridgehead atoms. The maximum atomic E-state index is 5.19. The van der Waals surface area contributed by atoms with Gasteiger partial charge in [0.05, 0.1) is 21.9 Å². The number of nitrogens with one attached hydrogen (secondary N) is 1. The van der Waals surface area contributed by atoms with Gasteiger partial charge in [-0.25, -0.2) is 4.98 Å². The third-order valence-corrected chi connectivity index (χ3v) is 5.79. The number of ether oxygens (including phenoxy) is 1. The molecule has 0 saturated carbocycles. The number of hydrogen-bond acceptors (Lipinski definition) is 3. The zero-order chi connectivity index (χ0) is 15.5. The Morgan fingerprint density at radius 3 is 2.59 bits per heavy atom. The number of nitrogens with zero attached hydrogens (tertiary/aromatic N) is 1. The highest BCUT2D eigenvalue weighted by Crippen LogP contribution is 2.32. The number of para-hydroxylation sites is 1. The summed E-state index contributed by atoms with van der Waals surface area (Å²) in [4.78, 5) is 4.57. The summed E-state index contributed by atoms with van der Waals surface area (Å²) in [5.74, 6) is 0.871. The molecule has 3 aromatic rings. The van der Waals surface area contributed by atoms with E-state index < -0.39 is 0 Å². The van der Waals surface area contributed by atoms with Crippen molar-refractivity contribution < 1.29 is 4.74 Å². The first kappa shape index (κ1) is 15.6. The molecule has 2 aromatic carbocycles. The fourth-order valence-corrected chi connectivity index (χ4v) is 3.26. The Bertz CT molecular complexity index is 806. The van der Waals surface area contributed by atoms with E-state index in [0.29, 0.717) is 0 Å². The monoisotopic (exact) mass is 468 g/mol. The fourth-order valence-electron chi connectivity index (χ4n) is 2.27. The SMILES string of the molecule is COc1ccc(CNc2c(I)c(Br)nc3ccccc23)cc1. The van der Waals surface area contributed by atoms with Crippen molar-refractivity contribution in [2.75, 3.05) is 12.4 Å². The van der Waals surface area contributed by atoms with Crippen molar-refractivity contribution in [1.82, 2.24) is 4.98 Å². The van der Waals surface area contributed by atoms with Crippen LogP contribution in [0.15, 0.2) is 53.1 Å². The van der Waals surface area contributed by atoms with E-state index >= 15 is 0 Å². The predicted molar refractivity (Wildman–Crippen MR) is 102 cm³/mol. The van der Waals surface area contributed by atoms with E-state index in [-0.39, 0.29) is 0 Å². The molecule has 1 aromatic heterocycles. The Morgan fingerprint density at radius 1 is 1.14 bits per heavy atom. The number of rotatable bonds is 4. The predicted octanol–water partition coefficient (Wildman–Crippen LogP) is 5.22. The normalized spacial score (nSPS) is 10.7. The highest BCUT2D eigenvalue weighted by molar-refractivity contribution is 14.1. The van der Waals surface area contributed by atoms with Crippen molar-refractivity contribution in [3.05, 3.63) is 62.3 Å². The first-order chi connectivity index (χ1) is 10.7. The van der Waals surface area contributed by atoms with Crippen LogP contribution in [0.5, 0.6) is 5.75 Å². The summed E-state index contributed by atoms with van der Waals surface area (Å²) in [7, 11) is 1.68. The standard InChI is InChI=1S/C17H14BrIN2O/c1-22-12-8-6-11(7-9-12)10-20-16-13-4-2-3-5-14(13)21-17(18)15(16)19/h2-9H,10H2,1H3,(H,20,21). The van der Waals surface area contributed by atoms with Crippen LogP contribution in [0.4, 0.5) is 5.69 Å². The molecule has 0 unspecified atom stereocenters. The van der Waals surface area contributed by atoms with Gasteiger partial charge in [-0.15, -0.1) is 0 Å². The number of halogens is 2. The van der Waals surface area contributed by atoms with E-state index in [0.717, 1.165) is 37.1 Å². The van der Waals surface area contributed by atoms with Crippen LogP contribution >= 0.6 is 38.5 Å². The second-order valence-electron chi connectivity index (χ2n) is 4.81. The van der Waals surface area contributed by atoms with Crippen molar-refractivity contribution in [1.29, 1.82) is 0 Å². The summed E-state index contributed by atoms with van der Waals surface area (Å²) >= 11 is 5.85. The van der Waals surface area contributed by atoms with Crippen molar-refractivity contribution in [3.63, 3.8) is 0 Å². The lowest BCUT2D eigenvalue weighted by Crippen LogP contribution is -2.03. The van der Waals surface area contributed by atoms with Crippen molar-refractivity contribution in [2.45, 2.75) is 6.54 Å². The third-order valence-electron chi connectivity index (χ3n) is 3.42. The van der Waals surface area contributed by atoms with Gasteiger partial charge in [0.15, 0.2) is 0 Å². The molecule has 0 aliphatic heterocycles. The molecule has 0 radical (unpaired) electrons. The Balaban J connectivity index is 1.91. The number of pyridine rings is 1. The van der Waals surface area contributed by atoms with Crippen LogP contribution in [-0.4, -0.2) is 12.1 Å². The van der Waals surface area contributed by atoms with E-state index in [9.17, 15) is 0 Å². The number of anilines is 1. The fraction of sp³-hybridized carbons (Fsp3) is 0.118. The van der Waals surface area contributed by atoms with Gasteiger partial charge in [0, 0.05) is 11.9 Å². The molecular formula is C17H14BrIN2O. The van der Waals surface area contributed by atoms with Crippen molar-refractivity contribution in [3.8, 4) is 5.75 Å². The molecule has 0 fully saturated rings. The number of aromatic nitrogens is 1. The van der Waals surface area contributed by atoms with E-state index in [1.54, 1.807) is 7.11 Å². The molecule has 0 aliphatic carbocycles. The van der Waals surface area contributed by atoms with Gasteiger partial charge in [-0.2, -0.15) is 0 Å². The highest BCUT2D eigenvalue weighted by Gasteiger charge is 2.11. The first-order valence-corrected chi connectivity index (χ1v) is 8.67. The highest BCUT2D eigenvalue weighted by atomic mass is 127. The third kappa shape index (κ3) is 3.20. The average Bonchev–Trinajstić information content (AvgIpc) is 2.56. The summed E-state index contributed by atoms with van der Waals surface area (Å²) in [5.41, 5.74) is 3.29. The van der Waals surface area contributed by atoms with Gasteiger partial charge >= 0.3 is 0 Å². The molecule has 0 saturated heterocycles. The molecule has 0 aliphatic rings. The van der Waals surface area contributed by atoms with Gasteiger partial charge in [-0.1, -0.05) is 30.3 Å². The van der Waals surface area contributed by atoms with E-state index in [1.165, 1.54) is 5.56 Å². The first-order valence-electron chi connectivity index (χ1n) is 6.79. The van der Waals surface area contributed by atoms with E-state index in [2.05, 4.69) is 67.0 Å². The van der Waals surface area contributed by atoms with Crippen LogP contribution < -0.4 is 10.1 Å². The number of fused-ring (bicyclic) bond motifs is 1. The Labute approximate surface area is 151 Å². The lowest BCUT2D eigenvalue weighted by Gasteiger charge is -2.13. The van der Waals surface area contributed by atoms with Crippen LogP contribution in [0, 0.1) is 3.57 Å². The second kappa shape index (κ2) is 6.83. The Kier molecular flexibility index (Phi) is 4.83. The van der Waals surface area contributed by atoms with Crippen LogP contribution in [0.2, 0.25) is 0 Å². The minimum absolute atomic E-state index is 0.750. The maximum absolute atomic E-state index is 5.19. The van der Waals surface area contributed by atoms with Crippen LogP contribution in [0.25, 0.3) is 10.9 Å². The largest absolute Gasteiger partial charge is 0.497 e. The van der Waals surface area contributed by atoms with Gasteiger partial charge in [-0.05, 0) is 62.3 Å². The molecule has 0 amide bonds. The minimum atomic E-state index is 0.750. The molecule has 112 valence electrons. The van der Waals surface area contributed by atoms with Crippen LogP contribution in [0.1, 0.15) is 5.56 Å². The summed E-state index contributed by atoms with van der Waals surface area (Å²) in [5, 5.41) is 4.66. The zero-order valence-electron chi connectivity index (χ0n) is 11.9. The zero-order valence-corrected chi connectivity index (χ0v) is 15.7. The Morgan fingerprint density at radius 2 is 1.86 bits per heavy atom. The average molecular weight is 469 g/mol. The lowest BCUT2D eigenvalue weighted by molar-refractivity contribution is 0.414. The second-order valence-corrected chi connectivity index (χ2v) is 6.64. The molecule has 0 atom stereocenters. The molecule has 22 heavy (non-hydrogen) atoms. The van der Waals surface area contributed by atoms with E-state index in [4.69, 9.17) is 4.74 Å². The van der Waals surface area contributed by atoms with Gasteiger partial charge in [-0.3, -0.25) is 0 Å².